The number of aryl methyl sites for hydroxylation is 1. The van der Waals surface area contributed by atoms with Gasteiger partial charge in [0, 0.05) is 5.56 Å². The lowest BCUT2D eigenvalue weighted by molar-refractivity contribution is 0.0943. The molecule has 4 rings (SSSR count). The van der Waals surface area contributed by atoms with Crippen molar-refractivity contribution >= 4 is 21.6 Å². The van der Waals surface area contributed by atoms with Crippen molar-refractivity contribution in [1.82, 2.24) is 5.32 Å². The zero-order valence-electron chi connectivity index (χ0n) is 19.8. The summed E-state index contributed by atoms with van der Waals surface area (Å²) >= 11 is 0. The third-order valence-electron chi connectivity index (χ3n) is 5.77. The molecule has 0 saturated carbocycles. The fourth-order valence-electron chi connectivity index (χ4n) is 3.97. The van der Waals surface area contributed by atoms with E-state index in [2.05, 4.69) is 5.32 Å². The van der Waals surface area contributed by atoms with Gasteiger partial charge in [-0.1, -0.05) is 84.9 Å². The molecule has 0 aliphatic heterocycles. The summed E-state index contributed by atoms with van der Waals surface area (Å²) in [6.07, 6.45) is 1.20. The maximum atomic E-state index is 13.1. The normalized spacial score (nSPS) is 11.3. The molecule has 0 aromatic heterocycles. The number of hydrogen-bond donors (Lipinski definition) is 1. The Labute approximate surface area is 207 Å². The fourth-order valence-corrected chi connectivity index (χ4v) is 4.86. The van der Waals surface area contributed by atoms with E-state index < -0.39 is 10.0 Å². The SMILES string of the molecule is Cc1cccc(N(Cc2ccc(C(=O)NC(c3ccccc3)c3ccccc3)cc2)S(C)(=O)=O)c1. The van der Waals surface area contributed by atoms with Gasteiger partial charge >= 0.3 is 0 Å². The first-order valence-corrected chi connectivity index (χ1v) is 13.2. The van der Waals surface area contributed by atoms with Gasteiger partial charge in [0.25, 0.3) is 5.91 Å². The molecule has 1 amide bonds. The predicted octanol–water partition coefficient (Wildman–Crippen LogP) is 5.48. The van der Waals surface area contributed by atoms with Crippen molar-refractivity contribution in [2.24, 2.45) is 0 Å². The molecule has 0 unspecified atom stereocenters. The first-order chi connectivity index (χ1) is 16.8. The Morgan fingerprint density at radius 3 is 1.89 bits per heavy atom. The molecule has 0 aliphatic rings. The van der Waals surface area contributed by atoms with Gasteiger partial charge in [0.1, 0.15) is 0 Å². The highest BCUT2D eigenvalue weighted by Gasteiger charge is 2.20. The number of carbonyl (C=O) groups excluding carboxylic acids is 1. The minimum absolute atomic E-state index is 0.181. The van der Waals surface area contributed by atoms with Gasteiger partial charge in [0.05, 0.1) is 24.5 Å². The summed E-state index contributed by atoms with van der Waals surface area (Å²) in [7, 11) is -3.48. The van der Waals surface area contributed by atoms with E-state index in [0.717, 1.165) is 22.3 Å². The van der Waals surface area contributed by atoms with E-state index in [0.29, 0.717) is 11.3 Å². The van der Waals surface area contributed by atoms with Crippen molar-refractivity contribution < 1.29 is 13.2 Å². The molecule has 6 heteroatoms. The molecule has 1 N–H and O–H groups in total. The topological polar surface area (TPSA) is 66.5 Å². The Bertz CT molecular complexity index is 1350. The Hall–Kier alpha value is -3.90. The third kappa shape index (κ3) is 6.16. The van der Waals surface area contributed by atoms with Gasteiger partial charge in [0.2, 0.25) is 10.0 Å². The second-order valence-corrected chi connectivity index (χ2v) is 10.4. The van der Waals surface area contributed by atoms with Crippen LogP contribution in [-0.2, 0) is 16.6 Å². The van der Waals surface area contributed by atoms with Crippen LogP contribution in [0.5, 0.6) is 0 Å². The molecule has 0 atom stereocenters. The van der Waals surface area contributed by atoms with Crippen LogP contribution in [0.15, 0.2) is 109 Å². The molecule has 4 aromatic carbocycles. The smallest absolute Gasteiger partial charge is 0.252 e. The Morgan fingerprint density at radius 1 is 0.800 bits per heavy atom. The van der Waals surface area contributed by atoms with Crippen LogP contribution in [0.25, 0.3) is 0 Å². The molecule has 0 saturated heterocycles. The Morgan fingerprint density at radius 2 is 1.37 bits per heavy atom. The molecule has 0 spiro atoms. The molecule has 5 nitrogen and oxygen atoms in total. The van der Waals surface area contributed by atoms with Crippen molar-refractivity contribution in [3.05, 3.63) is 137 Å². The molecule has 0 radical (unpaired) electrons. The van der Waals surface area contributed by atoms with E-state index in [1.54, 1.807) is 30.3 Å². The summed E-state index contributed by atoms with van der Waals surface area (Å²) < 4.78 is 26.3. The number of nitrogens with one attached hydrogen (secondary N) is 1. The van der Waals surface area contributed by atoms with Gasteiger partial charge < -0.3 is 5.32 Å². The molecule has 0 aliphatic carbocycles. The van der Waals surface area contributed by atoms with Crippen LogP contribution < -0.4 is 9.62 Å². The maximum absolute atomic E-state index is 13.1. The molecular formula is C29H28N2O3S. The first-order valence-electron chi connectivity index (χ1n) is 11.4. The highest BCUT2D eigenvalue weighted by Crippen LogP contribution is 2.24. The zero-order valence-corrected chi connectivity index (χ0v) is 20.6. The van der Waals surface area contributed by atoms with Gasteiger partial charge in [-0.3, -0.25) is 9.10 Å². The van der Waals surface area contributed by atoms with E-state index in [1.807, 2.05) is 85.8 Å². The summed E-state index contributed by atoms with van der Waals surface area (Å²) in [6.45, 7) is 2.11. The van der Waals surface area contributed by atoms with Crippen molar-refractivity contribution in [3.8, 4) is 0 Å². The fraction of sp³-hybridized carbons (Fsp3) is 0.138. The highest BCUT2D eigenvalue weighted by molar-refractivity contribution is 7.92. The van der Waals surface area contributed by atoms with Crippen LogP contribution in [0.1, 0.15) is 38.7 Å². The summed E-state index contributed by atoms with van der Waals surface area (Å²) in [5, 5.41) is 3.14. The van der Waals surface area contributed by atoms with E-state index in [4.69, 9.17) is 0 Å². The predicted molar refractivity (Wildman–Crippen MR) is 141 cm³/mol. The number of rotatable bonds is 8. The van der Waals surface area contributed by atoms with Gasteiger partial charge in [-0.2, -0.15) is 0 Å². The molecule has 0 bridgehead atoms. The van der Waals surface area contributed by atoms with Crippen molar-refractivity contribution in [2.45, 2.75) is 19.5 Å². The number of sulfonamides is 1. The van der Waals surface area contributed by atoms with Crippen molar-refractivity contribution in [3.63, 3.8) is 0 Å². The highest BCUT2D eigenvalue weighted by atomic mass is 32.2. The summed E-state index contributed by atoms with van der Waals surface area (Å²) in [5.74, 6) is -0.201. The summed E-state index contributed by atoms with van der Waals surface area (Å²) in [4.78, 5) is 13.1. The molecular weight excluding hydrogens is 456 g/mol. The van der Waals surface area contributed by atoms with Gasteiger partial charge in [-0.05, 0) is 53.4 Å². The Kier molecular flexibility index (Phi) is 7.32. The van der Waals surface area contributed by atoms with E-state index in [-0.39, 0.29) is 18.5 Å². The van der Waals surface area contributed by atoms with Crippen LogP contribution in [0.3, 0.4) is 0 Å². The lowest BCUT2D eigenvalue weighted by Crippen LogP contribution is -2.30. The zero-order chi connectivity index (χ0) is 24.8. The van der Waals surface area contributed by atoms with Crippen LogP contribution >= 0.6 is 0 Å². The third-order valence-corrected chi connectivity index (χ3v) is 6.91. The summed E-state index contributed by atoms with van der Waals surface area (Å²) in [6, 6.07) is 33.8. The average molecular weight is 485 g/mol. The molecule has 4 aromatic rings. The van der Waals surface area contributed by atoms with Gasteiger partial charge in [0.15, 0.2) is 0 Å². The minimum Gasteiger partial charge on any atom is -0.341 e. The van der Waals surface area contributed by atoms with E-state index in [9.17, 15) is 13.2 Å². The number of benzene rings is 4. The van der Waals surface area contributed by atoms with Crippen LogP contribution in [0, 0.1) is 6.92 Å². The number of nitrogens with zero attached hydrogens (tertiary/aromatic N) is 1. The average Bonchev–Trinajstić information content (AvgIpc) is 2.86. The van der Waals surface area contributed by atoms with E-state index >= 15 is 0 Å². The lowest BCUT2D eigenvalue weighted by Gasteiger charge is -2.23. The Balaban J connectivity index is 1.54. The standard InChI is InChI=1S/C29H28N2O3S/c1-22-10-9-15-27(20-22)31(35(2,33)34)21-23-16-18-26(19-17-23)29(32)30-28(24-11-5-3-6-12-24)25-13-7-4-8-14-25/h3-20,28H,21H2,1-2H3,(H,30,32). The largest absolute Gasteiger partial charge is 0.341 e. The number of anilines is 1. The molecule has 35 heavy (non-hydrogen) atoms. The van der Waals surface area contributed by atoms with E-state index in [1.165, 1.54) is 10.6 Å². The number of carbonyl (C=O) groups is 1. The lowest BCUT2D eigenvalue weighted by atomic mass is 9.98. The summed E-state index contributed by atoms with van der Waals surface area (Å²) in [5.41, 5.74) is 4.87. The van der Waals surface area contributed by atoms with Crippen molar-refractivity contribution in [1.29, 1.82) is 0 Å². The monoisotopic (exact) mass is 484 g/mol. The molecule has 0 fully saturated rings. The first kappa shape index (κ1) is 24.2. The van der Waals surface area contributed by atoms with Crippen LogP contribution in [-0.4, -0.2) is 20.6 Å². The second-order valence-electron chi connectivity index (χ2n) is 8.53. The van der Waals surface area contributed by atoms with Gasteiger partial charge in [-0.15, -0.1) is 0 Å². The maximum Gasteiger partial charge on any atom is 0.252 e. The molecule has 0 heterocycles. The second kappa shape index (κ2) is 10.6. The number of hydrogen-bond acceptors (Lipinski definition) is 3. The van der Waals surface area contributed by atoms with Gasteiger partial charge in [-0.25, -0.2) is 8.42 Å². The minimum atomic E-state index is -3.48. The van der Waals surface area contributed by atoms with Crippen LogP contribution in [0.4, 0.5) is 5.69 Å². The quantitative estimate of drug-likeness (QED) is 0.360. The van der Waals surface area contributed by atoms with Crippen molar-refractivity contribution in [2.75, 3.05) is 10.6 Å². The van der Waals surface area contributed by atoms with Crippen LogP contribution in [0.2, 0.25) is 0 Å². The number of amides is 1. The molecule has 178 valence electrons.